The van der Waals surface area contributed by atoms with Crippen LogP contribution in [0.2, 0.25) is 0 Å². The standard InChI is InChI=1S/C16H21N3O/c1-5-17-15-9-14(18-16(19-15)10-20-4)13-8-11(2)6-7-12(13)3/h6-9H,5,10H2,1-4H3,(H,17,18,19). The number of aromatic nitrogens is 2. The van der Waals surface area contributed by atoms with Gasteiger partial charge in [-0.1, -0.05) is 17.7 Å². The molecular formula is C16H21N3O. The van der Waals surface area contributed by atoms with E-state index < -0.39 is 0 Å². The van der Waals surface area contributed by atoms with Crippen molar-refractivity contribution in [2.75, 3.05) is 19.0 Å². The Kier molecular flexibility index (Phi) is 4.69. The minimum Gasteiger partial charge on any atom is -0.377 e. The summed E-state index contributed by atoms with van der Waals surface area (Å²) in [5, 5.41) is 3.24. The van der Waals surface area contributed by atoms with E-state index in [1.807, 2.05) is 6.07 Å². The Hall–Kier alpha value is -1.94. The van der Waals surface area contributed by atoms with Crippen LogP contribution in [0.3, 0.4) is 0 Å². The van der Waals surface area contributed by atoms with Crippen molar-refractivity contribution in [2.45, 2.75) is 27.4 Å². The van der Waals surface area contributed by atoms with E-state index in [9.17, 15) is 0 Å². The van der Waals surface area contributed by atoms with Gasteiger partial charge in [0.15, 0.2) is 5.82 Å². The first-order chi connectivity index (χ1) is 9.63. The van der Waals surface area contributed by atoms with Crippen molar-refractivity contribution in [1.29, 1.82) is 0 Å². The summed E-state index contributed by atoms with van der Waals surface area (Å²) in [4.78, 5) is 9.04. The number of aryl methyl sites for hydroxylation is 2. The van der Waals surface area contributed by atoms with Crippen LogP contribution in [0, 0.1) is 13.8 Å². The fourth-order valence-electron chi connectivity index (χ4n) is 2.11. The van der Waals surface area contributed by atoms with Crippen LogP contribution >= 0.6 is 0 Å². The lowest BCUT2D eigenvalue weighted by atomic mass is 10.0. The van der Waals surface area contributed by atoms with Crippen molar-refractivity contribution in [1.82, 2.24) is 9.97 Å². The van der Waals surface area contributed by atoms with Gasteiger partial charge in [-0.25, -0.2) is 9.97 Å². The van der Waals surface area contributed by atoms with Gasteiger partial charge in [0.25, 0.3) is 0 Å². The summed E-state index contributed by atoms with van der Waals surface area (Å²) in [5.74, 6) is 1.53. The normalized spacial score (nSPS) is 10.6. The fraction of sp³-hybridized carbons (Fsp3) is 0.375. The molecule has 1 aromatic carbocycles. The average molecular weight is 271 g/mol. The number of rotatable bonds is 5. The Morgan fingerprint density at radius 2 is 1.95 bits per heavy atom. The summed E-state index contributed by atoms with van der Waals surface area (Å²) in [7, 11) is 1.65. The summed E-state index contributed by atoms with van der Waals surface area (Å²) in [6.07, 6.45) is 0. The van der Waals surface area contributed by atoms with Crippen LogP contribution in [0.4, 0.5) is 5.82 Å². The van der Waals surface area contributed by atoms with Gasteiger partial charge in [0.2, 0.25) is 0 Å². The number of nitrogens with zero attached hydrogens (tertiary/aromatic N) is 2. The predicted molar refractivity (Wildman–Crippen MR) is 81.8 cm³/mol. The summed E-state index contributed by atoms with van der Waals surface area (Å²) < 4.78 is 5.15. The molecule has 1 heterocycles. The van der Waals surface area contributed by atoms with Crippen LogP contribution in [0.25, 0.3) is 11.3 Å². The molecule has 0 aliphatic carbocycles. The van der Waals surface area contributed by atoms with Gasteiger partial charge in [-0.15, -0.1) is 0 Å². The molecule has 1 aromatic heterocycles. The highest BCUT2D eigenvalue weighted by molar-refractivity contribution is 5.66. The fourth-order valence-corrected chi connectivity index (χ4v) is 2.11. The van der Waals surface area contributed by atoms with Crippen LogP contribution in [-0.4, -0.2) is 23.6 Å². The van der Waals surface area contributed by atoms with Gasteiger partial charge in [0, 0.05) is 25.3 Å². The van der Waals surface area contributed by atoms with E-state index in [-0.39, 0.29) is 0 Å². The molecular weight excluding hydrogens is 250 g/mol. The Labute approximate surface area is 120 Å². The molecule has 4 heteroatoms. The minimum absolute atomic E-state index is 0.414. The minimum atomic E-state index is 0.414. The van der Waals surface area contributed by atoms with Gasteiger partial charge in [-0.3, -0.25) is 0 Å². The molecule has 0 aliphatic rings. The number of nitrogens with one attached hydrogen (secondary N) is 1. The predicted octanol–water partition coefficient (Wildman–Crippen LogP) is 3.34. The van der Waals surface area contributed by atoms with E-state index in [0.717, 1.165) is 23.6 Å². The lowest BCUT2D eigenvalue weighted by molar-refractivity contribution is 0.178. The molecule has 1 N–H and O–H groups in total. The summed E-state index contributed by atoms with van der Waals surface area (Å²) >= 11 is 0. The van der Waals surface area contributed by atoms with Crippen molar-refractivity contribution < 1.29 is 4.74 Å². The van der Waals surface area contributed by atoms with Gasteiger partial charge in [0.05, 0.1) is 5.69 Å². The molecule has 0 aliphatic heterocycles. The van der Waals surface area contributed by atoms with E-state index in [1.54, 1.807) is 7.11 Å². The lowest BCUT2D eigenvalue weighted by Gasteiger charge is -2.11. The van der Waals surface area contributed by atoms with E-state index in [2.05, 4.69) is 54.3 Å². The summed E-state index contributed by atoms with van der Waals surface area (Å²) in [5.41, 5.74) is 4.51. The lowest BCUT2D eigenvalue weighted by Crippen LogP contribution is -2.05. The molecule has 0 saturated heterocycles. The van der Waals surface area contributed by atoms with Crippen molar-refractivity contribution in [3.05, 3.63) is 41.2 Å². The molecule has 2 aromatic rings. The Bertz CT molecular complexity index is 572. The third kappa shape index (κ3) is 3.33. The Balaban J connectivity index is 2.51. The first kappa shape index (κ1) is 14.5. The molecule has 0 radical (unpaired) electrons. The van der Waals surface area contributed by atoms with Crippen LogP contribution in [0.1, 0.15) is 23.9 Å². The Morgan fingerprint density at radius 3 is 2.65 bits per heavy atom. The summed E-state index contributed by atoms with van der Waals surface area (Å²) in [6, 6.07) is 8.38. The molecule has 0 bridgehead atoms. The second-order valence-electron chi connectivity index (χ2n) is 4.84. The van der Waals surface area contributed by atoms with Crippen molar-refractivity contribution in [3.8, 4) is 11.3 Å². The largest absolute Gasteiger partial charge is 0.377 e. The van der Waals surface area contributed by atoms with Crippen LogP contribution in [0.5, 0.6) is 0 Å². The first-order valence-corrected chi connectivity index (χ1v) is 6.82. The highest BCUT2D eigenvalue weighted by atomic mass is 16.5. The highest BCUT2D eigenvalue weighted by Crippen LogP contribution is 2.24. The number of anilines is 1. The van der Waals surface area contributed by atoms with E-state index in [0.29, 0.717) is 12.4 Å². The first-order valence-electron chi connectivity index (χ1n) is 6.82. The molecule has 0 spiro atoms. The van der Waals surface area contributed by atoms with Gasteiger partial charge < -0.3 is 10.1 Å². The average Bonchev–Trinajstić information content (AvgIpc) is 2.42. The van der Waals surface area contributed by atoms with Gasteiger partial charge >= 0.3 is 0 Å². The third-order valence-corrected chi connectivity index (χ3v) is 3.07. The molecule has 2 rings (SSSR count). The highest BCUT2D eigenvalue weighted by Gasteiger charge is 2.09. The number of hydrogen-bond acceptors (Lipinski definition) is 4. The second kappa shape index (κ2) is 6.48. The second-order valence-corrected chi connectivity index (χ2v) is 4.84. The number of ether oxygens (including phenoxy) is 1. The zero-order valence-corrected chi connectivity index (χ0v) is 12.5. The molecule has 0 atom stereocenters. The molecule has 0 fully saturated rings. The molecule has 4 nitrogen and oxygen atoms in total. The molecule has 20 heavy (non-hydrogen) atoms. The van der Waals surface area contributed by atoms with Crippen molar-refractivity contribution >= 4 is 5.82 Å². The van der Waals surface area contributed by atoms with Gasteiger partial charge in [0.1, 0.15) is 12.4 Å². The van der Waals surface area contributed by atoms with Crippen molar-refractivity contribution in [3.63, 3.8) is 0 Å². The van der Waals surface area contributed by atoms with E-state index in [1.165, 1.54) is 11.1 Å². The van der Waals surface area contributed by atoms with Gasteiger partial charge in [-0.05, 0) is 32.4 Å². The maximum absolute atomic E-state index is 5.15. The smallest absolute Gasteiger partial charge is 0.157 e. The third-order valence-electron chi connectivity index (χ3n) is 3.07. The SMILES string of the molecule is CCNc1cc(-c2cc(C)ccc2C)nc(COC)n1. The molecule has 0 saturated carbocycles. The topological polar surface area (TPSA) is 47.0 Å². The number of methoxy groups -OCH3 is 1. The monoisotopic (exact) mass is 271 g/mol. The van der Waals surface area contributed by atoms with Crippen LogP contribution in [0.15, 0.2) is 24.3 Å². The number of benzene rings is 1. The van der Waals surface area contributed by atoms with Crippen LogP contribution in [-0.2, 0) is 11.3 Å². The quantitative estimate of drug-likeness (QED) is 0.906. The van der Waals surface area contributed by atoms with E-state index in [4.69, 9.17) is 4.74 Å². The zero-order chi connectivity index (χ0) is 14.5. The van der Waals surface area contributed by atoms with E-state index >= 15 is 0 Å². The molecule has 0 unspecified atom stereocenters. The maximum Gasteiger partial charge on any atom is 0.157 e. The molecule has 106 valence electrons. The van der Waals surface area contributed by atoms with Crippen molar-refractivity contribution in [2.24, 2.45) is 0 Å². The molecule has 0 amide bonds. The van der Waals surface area contributed by atoms with Gasteiger partial charge in [-0.2, -0.15) is 0 Å². The summed E-state index contributed by atoms with van der Waals surface area (Å²) in [6.45, 7) is 7.48. The maximum atomic E-state index is 5.15. The Morgan fingerprint density at radius 1 is 1.15 bits per heavy atom. The van der Waals surface area contributed by atoms with Crippen LogP contribution < -0.4 is 5.32 Å². The zero-order valence-electron chi connectivity index (χ0n) is 12.5. The number of hydrogen-bond donors (Lipinski definition) is 1.